The molecular formula is C25H31N5O2S2. The molecule has 1 aromatic heterocycles. The van der Waals surface area contributed by atoms with Crippen LogP contribution in [0, 0.1) is 5.92 Å². The summed E-state index contributed by atoms with van der Waals surface area (Å²) in [7, 11) is 1.53. The predicted molar refractivity (Wildman–Crippen MR) is 143 cm³/mol. The molecule has 7 nitrogen and oxygen atoms in total. The zero-order valence-electron chi connectivity index (χ0n) is 19.6. The molecule has 1 aliphatic heterocycles. The SMILES string of the molecule is C=Cc1cc(CNCC2CCN(c3nccc(/C=C(/C=O)SC(=O)NC)n3)CC2)ccc1SC. The van der Waals surface area contributed by atoms with Gasteiger partial charge >= 0.3 is 0 Å². The molecule has 1 amide bonds. The van der Waals surface area contributed by atoms with E-state index >= 15 is 0 Å². The molecule has 0 unspecified atom stereocenters. The normalized spacial score (nSPS) is 14.6. The molecule has 9 heteroatoms. The highest BCUT2D eigenvalue weighted by Crippen LogP contribution is 2.24. The maximum Gasteiger partial charge on any atom is 0.283 e. The molecule has 0 atom stereocenters. The highest BCUT2D eigenvalue weighted by Gasteiger charge is 2.21. The molecule has 0 spiro atoms. The van der Waals surface area contributed by atoms with Crippen molar-refractivity contribution >= 4 is 53.1 Å². The fourth-order valence-corrected chi connectivity index (χ4v) is 4.92. The van der Waals surface area contributed by atoms with Crippen LogP contribution in [0.1, 0.15) is 29.7 Å². The minimum absolute atomic E-state index is 0.290. The van der Waals surface area contributed by atoms with Gasteiger partial charge in [0.1, 0.15) is 0 Å². The predicted octanol–water partition coefficient (Wildman–Crippen LogP) is 4.46. The van der Waals surface area contributed by atoms with Crippen molar-refractivity contribution in [3.8, 4) is 0 Å². The Hall–Kier alpha value is -2.62. The Morgan fingerprint density at radius 3 is 2.76 bits per heavy atom. The number of carbonyl (C=O) groups excluding carboxylic acids is 2. The van der Waals surface area contributed by atoms with Gasteiger partial charge in [-0.2, -0.15) is 0 Å². The van der Waals surface area contributed by atoms with Gasteiger partial charge in [0, 0.05) is 37.8 Å². The lowest BCUT2D eigenvalue weighted by Crippen LogP contribution is -2.38. The summed E-state index contributed by atoms with van der Waals surface area (Å²) in [5.41, 5.74) is 3.07. The lowest BCUT2D eigenvalue weighted by molar-refractivity contribution is -0.104. The van der Waals surface area contributed by atoms with Crippen molar-refractivity contribution in [2.75, 3.05) is 37.8 Å². The van der Waals surface area contributed by atoms with Crippen LogP contribution in [0.25, 0.3) is 12.2 Å². The van der Waals surface area contributed by atoms with Crippen molar-refractivity contribution in [2.24, 2.45) is 5.92 Å². The molecule has 0 saturated carbocycles. The summed E-state index contributed by atoms with van der Waals surface area (Å²) in [6.45, 7) is 7.51. The van der Waals surface area contributed by atoms with Crippen LogP contribution in [0.2, 0.25) is 0 Å². The fourth-order valence-electron chi connectivity index (χ4n) is 3.80. The zero-order chi connectivity index (χ0) is 24.3. The summed E-state index contributed by atoms with van der Waals surface area (Å²) in [6, 6.07) is 8.28. The third-order valence-electron chi connectivity index (χ3n) is 5.66. The third kappa shape index (κ3) is 7.44. The molecule has 3 rings (SSSR count). The monoisotopic (exact) mass is 497 g/mol. The second-order valence-corrected chi connectivity index (χ2v) is 9.82. The van der Waals surface area contributed by atoms with Crippen molar-refractivity contribution in [1.29, 1.82) is 0 Å². The molecule has 0 aliphatic carbocycles. The van der Waals surface area contributed by atoms with Crippen LogP contribution in [0.3, 0.4) is 0 Å². The van der Waals surface area contributed by atoms with E-state index in [4.69, 9.17) is 0 Å². The third-order valence-corrected chi connectivity index (χ3v) is 7.31. The topological polar surface area (TPSA) is 87.2 Å². The average molecular weight is 498 g/mol. The van der Waals surface area contributed by atoms with Crippen molar-refractivity contribution in [3.05, 3.63) is 58.8 Å². The van der Waals surface area contributed by atoms with E-state index in [0.29, 0.717) is 28.8 Å². The molecule has 0 radical (unpaired) electrons. The number of allylic oxidation sites excluding steroid dienone is 1. The molecule has 2 aromatic rings. The van der Waals surface area contributed by atoms with Crippen molar-refractivity contribution < 1.29 is 9.59 Å². The summed E-state index contributed by atoms with van der Waals surface area (Å²) in [6.07, 6.45) is 10.1. The number of anilines is 1. The summed E-state index contributed by atoms with van der Waals surface area (Å²) in [5, 5.41) is 5.80. The van der Waals surface area contributed by atoms with Crippen LogP contribution in [0.5, 0.6) is 0 Å². The number of hydrogen-bond acceptors (Lipinski definition) is 8. The highest BCUT2D eigenvalue weighted by atomic mass is 32.2. The molecule has 2 N–H and O–H groups in total. The molecular weight excluding hydrogens is 466 g/mol. The summed E-state index contributed by atoms with van der Waals surface area (Å²) in [4.78, 5) is 35.5. The van der Waals surface area contributed by atoms with Gasteiger partial charge in [0.25, 0.3) is 5.24 Å². The number of aldehydes is 1. The van der Waals surface area contributed by atoms with Crippen LogP contribution in [0.15, 0.2) is 46.8 Å². The molecule has 180 valence electrons. The van der Waals surface area contributed by atoms with Crippen LogP contribution in [-0.2, 0) is 11.3 Å². The number of rotatable bonds is 10. The lowest BCUT2D eigenvalue weighted by atomic mass is 9.97. The standard InChI is InChI=1S/C25H31N5O2S2/c1-4-20-13-19(5-6-23(20)33-3)16-27-15-18-8-11-30(12-9-18)24-28-10-7-21(29-24)14-22(17-31)34-25(32)26-2/h4-7,10,13-14,17-18,27H,1,8-9,11-12,15-16H2,2-3H3,(H,26,32)/b22-14-. The van der Waals surface area contributed by atoms with Gasteiger partial charge in [0.05, 0.1) is 10.6 Å². The smallest absolute Gasteiger partial charge is 0.283 e. The van der Waals surface area contributed by atoms with E-state index in [1.807, 2.05) is 6.08 Å². The molecule has 0 bridgehead atoms. The number of nitrogens with one attached hydrogen (secondary N) is 2. The number of piperidine rings is 1. The number of carbonyl (C=O) groups is 2. The average Bonchev–Trinajstić information content (AvgIpc) is 2.88. The van der Waals surface area contributed by atoms with Gasteiger partial charge in [-0.15, -0.1) is 11.8 Å². The molecule has 34 heavy (non-hydrogen) atoms. The van der Waals surface area contributed by atoms with E-state index in [2.05, 4.69) is 56.5 Å². The molecule has 1 fully saturated rings. The first kappa shape index (κ1) is 26.0. The number of amides is 1. The molecule has 1 aromatic carbocycles. The number of aromatic nitrogens is 2. The first-order chi connectivity index (χ1) is 16.6. The maximum absolute atomic E-state index is 11.5. The number of thioether (sulfide) groups is 2. The van der Waals surface area contributed by atoms with E-state index in [1.54, 1.807) is 30.1 Å². The Kier molecular flexibility index (Phi) is 10.2. The second kappa shape index (κ2) is 13.3. The molecule has 2 heterocycles. The number of nitrogens with zero attached hydrogens (tertiary/aromatic N) is 3. The number of benzene rings is 1. The zero-order valence-corrected chi connectivity index (χ0v) is 21.3. The Balaban J connectivity index is 1.50. The van der Waals surface area contributed by atoms with Crippen molar-refractivity contribution in [2.45, 2.75) is 24.3 Å². The summed E-state index contributed by atoms with van der Waals surface area (Å²) < 4.78 is 0. The van der Waals surface area contributed by atoms with Gasteiger partial charge in [-0.1, -0.05) is 18.7 Å². The van der Waals surface area contributed by atoms with E-state index < -0.39 is 0 Å². The lowest BCUT2D eigenvalue weighted by Gasteiger charge is -2.32. The minimum Gasteiger partial charge on any atom is -0.350 e. The van der Waals surface area contributed by atoms with Crippen molar-refractivity contribution in [3.63, 3.8) is 0 Å². The minimum atomic E-state index is -0.290. The van der Waals surface area contributed by atoms with Crippen LogP contribution in [-0.4, -0.2) is 54.4 Å². The van der Waals surface area contributed by atoms with Gasteiger partial charge in [0.2, 0.25) is 5.95 Å². The van der Waals surface area contributed by atoms with E-state index in [0.717, 1.165) is 50.8 Å². The van der Waals surface area contributed by atoms with Gasteiger partial charge in [0.15, 0.2) is 6.29 Å². The van der Waals surface area contributed by atoms with E-state index in [-0.39, 0.29) is 5.24 Å². The summed E-state index contributed by atoms with van der Waals surface area (Å²) >= 11 is 2.59. The summed E-state index contributed by atoms with van der Waals surface area (Å²) in [5.74, 6) is 1.26. The highest BCUT2D eigenvalue weighted by molar-refractivity contribution is 8.17. The Morgan fingerprint density at radius 2 is 2.09 bits per heavy atom. The van der Waals surface area contributed by atoms with Crippen LogP contribution >= 0.6 is 23.5 Å². The Bertz CT molecular complexity index is 1040. The maximum atomic E-state index is 11.5. The number of hydrogen-bond donors (Lipinski definition) is 2. The second-order valence-electron chi connectivity index (χ2n) is 7.93. The van der Waals surface area contributed by atoms with E-state index in [1.165, 1.54) is 23.1 Å². The molecule has 1 aliphatic rings. The largest absolute Gasteiger partial charge is 0.350 e. The Labute approximate surface area is 209 Å². The first-order valence-corrected chi connectivity index (χ1v) is 13.2. The van der Waals surface area contributed by atoms with Gasteiger partial charge in [-0.25, -0.2) is 9.97 Å². The molecule has 1 saturated heterocycles. The fraction of sp³-hybridized carbons (Fsp3) is 0.360. The van der Waals surface area contributed by atoms with Crippen LogP contribution < -0.4 is 15.5 Å². The van der Waals surface area contributed by atoms with E-state index in [9.17, 15) is 9.59 Å². The quantitative estimate of drug-likeness (QED) is 0.283. The first-order valence-electron chi connectivity index (χ1n) is 11.2. The van der Waals surface area contributed by atoms with Gasteiger partial charge in [-0.3, -0.25) is 9.59 Å². The Morgan fingerprint density at radius 1 is 1.29 bits per heavy atom. The van der Waals surface area contributed by atoms with Gasteiger partial charge in [-0.05, 0) is 78.7 Å². The van der Waals surface area contributed by atoms with Gasteiger partial charge < -0.3 is 15.5 Å². The van der Waals surface area contributed by atoms with Crippen LogP contribution in [0.4, 0.5) is 10.7 Å². The van der Waals surface area contributed by atoms with Crippen molar-refractivity contribution in [1.82, 2.24) is 20.6 Å².